The number of amidine groups is 1. The number of amides is 2. The second-order valence-corrected chi connectivity index (χ2v) is 10.5. The summed E-state index contributed by atoms with van der Waals surface area (Å²) in [5.74, 6) is 1.10. The lowest BCUT2D eigenvalue weighted by molar-refractivity contribution is -0.138. The Kier molecular flexibility index (Phi) is 7.24. The van der Waals surface area contributed by atoms with Crippen LogP contribution in [-0.2, 0) is 4.79 Å². The first-order chi connectivity index (χ1) is 17.6. The van der Waals surface area contributed by atoms with Crippen molar-refractivity contribution < 1.29 is 14.3 Å². The predicted molar refractivity (Wildman–Crippen MR) is 142 cm³/mol. The van der Waals surface area contributed by atoms with Crippen LogP contribution in [-0.4, -0.2) is 76.6 Å². The number of nitrogens with one attached hydrogen (secondary N) is 4. The van der Waals surface area contributed by atoms with E-state index < -0.39 is 11.5 Å². The number of nitrogens with two attached hydrogens (primary N) is 1. The van der Waals surface area contributed by atoms with Gasteiger partial charge in [0.25, 0.3) is 5.91 Å². The van der Waals surface area contributed by atoms with E-state index in [0.717, 1.165) is 31.4 Å². The van der Waals surface area contributed by atoms with Gasteiger partial charge in [-0.25, -0.2) is 0 Å². The van der Waals surface area contributed by atoms with Crippen LogP contribution in [0, 0.1) is 16.2 Å². The van der Waals surface area contributed by atoms with Gasteiger partial charge in [0.05, 0.1) is 18.2 Å². The molecule has 11 nitrogen and oxygen atoms in total. The lowest BCUT2D eigenvalue weighted by atomic mass is 9.82. The Morgan fingerprint density at radius 1 is 1.27 bits per heavy atom. The van der Waals surface area contributed by atoms with Crippen LogP contribution in [0.4, 0.5) is 11.5 Å². The molecule has 4 rings (SSSR count). The van der Waals surface area contributed by atoms with Crippen LogP contribution in [0.25, 0.3) is 0 Å². The van der Waals surface area contributed by atoms with E-state index in [-0.39, 0.29) is 23.8 Å². The number of ether oxygens (including phenoxy) is 1. The van der Waals surface area contributed by atoms with E-state index in [1.807, 2.05) is 24.8 Å². The number of benzene rings is 1. The number of nitrogen functional groups attached to an aromatic ring is 1. The summed E-state index contributed by atoms with van der Waals surface area (Å²) in [5, 5.41) is 26.8. The van der Waals surface area contributed by atoms with E-state index in [4.69, 9.17) is 21.3 Å². The Morgan fingerprint density at radius 3 is 2.62 bits per heavy atom. The first-order valence-electron chi connectivity index (χ1n) is 12.5. The van der Waals surface area contributed by atoms with Gasteiger partial charge in [-0.1, -0.05) is 0 Å². The molecule has 6 N–H and O–H groups in total. The Morgan fingerprint density at radius 2 is 1.97 bits per heavy atom. The summed E-state index contributed by atoms with van der Waals surface area (Å²) >= 11 is 0. The monoisotopic (exact) mass is 508 g/mol. The second kappa shape index (κ2) is 10.2. The molecule has 1 aromatic carbocycles. The number of anilines is 2. The summed E-state index contributed by atoms with van der Waals surface area (Å²) in [5.41, 5.74) is 7.04. The molecule has 1 atom stereocenters. The van der Waals surface area contributed by atoms with Gasteiger partial charge in [-0.05, 0) is 57.7 Å². The maximum atomic E-state index is 12.9. The molecule has 1 aliphatic carbocycles. The number of H-pyrrole nitrogens is 1. The lowest BCUT2D eigenvalue weighted by Crippen LogP contribution is -2.50. The summed E-state index contributed by atoms with van der Waals surface area (Å²) in [4.78, 5) is 29.1. The van der Waals surface area contributed by atoms with Gasteiger partial charge in [-0.3, -0.25) is 20.1 Å². The zero-order valence-corrected chi connectivity index (χ0v) is 21.8. The van der Waals surface area contributed by atoms with E-state index in [0.29, 0.717) is 35.2 Å². The summed E-state index contributed by atoms with van der Waals surface area (Å²) in [7, 11) is 3.18. The third kappa shape index (κ3) is 5.16. The van der Waals surface area contributed by atoms with Crippen LogP contribution in [0.3, 0.4) is 0 Å². The van der Waals surface area contributed by atoms with E-state index in [1.165, 1.54) is 18.2 Å². The average molecular weight is 509 g/mol. The summed E-state index contributed by atoms with van der Waals surface area (Å²) in [6.45, 7) is 4.28. The molecule has 2 aliphatic rings. The fourth-order valence-corrected chi connectivity index (χ4v) is 5.40. The molecular formula is C26H36N8O3. The fourth-order valence-electron chi connectivity index (χ4n) is 5.40. The fraction of sp³-hybridized carbons (Fsp3) is 0.500. The van der Waals surface area contributed by atoms with Crippen molar-refractivity contribution in [3.05, 3.63) is 35.5 Å². The van der Waals surface area contributed by atoms with Gasteiger partial charge >= 0.3 is 0 Å². The number of aromatic nitrogens is 2. The van der Waals surface area contributed by atoms with Crippen LogP contribution in [0.1, 0.15) is 61.5 Å². The summed E-state index contributed by atoms with van der Waals surface area (Å²) in [6.07, 6.45) is 4.67. The molecule has 1 unspecified atom stereocenters. The minimum Gasteiger partial charge on any atom is -0.495 e. The minimum atomic E-state index is -0.646. The van der Waals surface area contributed by atoms with Crippen molar-refractivity contribution in [2.45, 2.75) is 57.5 Å². The molecule has 11 heteroatoms. The standard InChI is InChI=1S/C26H36N8O3/c1-26(2)14-34(23(29)20(13-27)33(3)25(26)36)17-8-5-15(6-9-17)19-12-22(32-31-19)30-24(35)16-7-10-18(28)21(11-16)37-4/h7,10-13,15,17,20,27,29H,5-6,8-9,14,28H2,1-4H3,(H2,30,31,32,35). The van der Waals surface area contributed by atoms with E-state index in [2.05, 4.69) is 15.5 Å². The number of aromatic amines is 1. The number of rotatable bonds is 6. The maximum absolute atomic E-state index is 12.9. The highest BCUT2D eigenvalue weighted by Crippen LogP contribution is 2.37. The number of hydrogen-bond acceptors (Lipinski definition) is 7. The number of methoxy groups -OCH3 is 1. The molecule has 198 valence electrons. The molecule has 0 bridgehead atoms. The van der Waals surface area contributed by atoms with E-state index >= 15 is 0 Å². The normalized spacial score (nSPS) is 23.9. The number of nitrogens with zero attached hydrogens (tertiary/aromatic N) is 3. The molecule has 1 saturated carbocycles. The van der Waals surface area contributed by atoms with Crippen LogP contribution in [0.5, 0.6) is 5.75 Å². The number of likely N-dealkylation sites (N-methyl/N-ethyl adjacent to an activating group) is 1. The molecule has 2 heterocycles. The first-order valence-corrected chi connectivity index (χ1v) is 12.5. The van der Waals surface area contributed by atoms with Gasteiger partial charge in [0.1, 0.15) is 17.6 Å². The Balaban J connectivity index is 1.40. The molecule has 2 fully saturated rings. The van der Waals surface area contributed by atoms with Crippen molar-refractivity contribution in [3.63, 3.8) is 0 Å². The van der Waals surface area contributed by atoms with Crippen molar-refractivity contribution in [1.29, 1.82) is 10.8 Å². The highest BCUT2D eigenvalue weighted by molar-refractivity contribution is 6.05. The molecule has 1 saturated heterocycles. The highest BCUT2D eigenvalue weighted by Gasteiger charge is 2.44. The lowest BCUT2D eigenvalue weighted by Gasteiger charge is -2.40. The van der Waals surface area contributed by atoms with Crippen LogP contribution in [0.15, 0.2) is 24.3 Å². The van der Waals surface area contributed by atoms with Crippen molar-refractivity contribution in [2.24, 2.45) is 5.41 Å². The molecule has 0 spiro atoms. The van der Waals surface area contributed by atoms with E-state index in [1.54, 1.807) is 25.2 Å². The molecule has 1 aliphatic heterocycles. The van der Waals surface area contributed by atoms with Gasteiger partial charge in [0.2, 0.25) is 5.91 Å². The van der Waals surface area contributed by atoms with Gasteiger partial charge < -0.3 is 31.0 Å². The van der Waals surface area contributed by atoms with Crippen molar-refractivity contribution >= 4 is 35.4 Å². The Hall–Kier alpha value is -3.89. The molecule has 0 radical (unpaired) electrons. The second-order valence-electron chi connectivity index (χ2n) is 10.5. The van der Waals surface area contributed by atoms with Gasteiger partial charge in [0.15, 0.2) is 5.82 Å². The summed E-state index contributed by atoms with van der Waals surface area (Å²) < 4.78 is 5.20. The minimum absolute atomic E-state index is 0.0496. The first kappa shape index (κ1) is 26.2. The highest BCUT2D eigenvalue weighted by atomic mass is 16.5. The van der Waals surface area contributed by atoms with Crippen molar-refractivity contribution in [2.75, 3.05) is 31.8 Å². The molecule has 2 aromatic rings. The number of carbonyl (C=O) groups is 2. The zero-order chi connectivity index (χ0) is 26.9. The topological polar surface area (TPSA) is 164 Å². The molecule has 1 aromatic heterocycles. The van der Waals surface area contributed by atoms with Crippen molar-refractivity contribution in [3.8, 4) is 5.75 Å². The van der Waals surface area contributed by atoms with E-state index in [9.17, 15) is 9.59 Å². The largest absolute Gasteiger partial charge is 0.495 e. The third-order valence-electron chi connectivity index (χ3n) is 7.54. The maximum Gasteiger partial charge on any atom is 0.257 e. The van der Waals surface area contributed by atoms with Gasteiger partial charge in [-0.15, -0.1) is 0 Å². The van der Waals surface area contributed by atoms with Crippen LogP contribution in [0.2, 0.25) is 0 Å². The number of carbonyl (C=O) groups excluding carboxylic acids is 2. The molecule has 2 amide bonds. The Bertz CT molecular complexity index is 1200. The van der Waals surface area contributed by atoms with Crippen LogP contribution < -0.4 is 15.8 Å². The predicted octanol–water partition coefficient (Wildman–Crippen LogP) is 3.07. The zero-order valence-electron chi connectivity index (χ0n) is 21.8. The number of hydrogen-bond donors (Lipinski definition) is 5. The summed E-state index contributed by atoms with van der Waals surface area (Å²) in [6, 6.07) is 6.21. The Labute approximate surface area is 216 Å². The quantitative estimate of drug-likeness (QED) is 0.297. The third-order valence-corrected chi connectivity index (χ3v) is 7.54. The van der Waals surface area contributed by atoms with Gasteiger partial charge in [-0.2, -0.15) is 5.10 Å². The van der Waals surface area contributed by atoms with Crippen molar-refractivity contribution in [1.82, 2.24) is 20.0 Å². The van der Waals surface area contributed by atoms with Gasteiger partial charge in [0, 0.05) is 49.1 Å². The smallest absolute Gasteiger partial charge is 0.257 e. The molecular weight excluding hydrogens is 472 g/mol. The molecule has 37 heavy (non-hydrogen) atoms. The average Bonchev–Trinajstić information content (AvgIpc) is 3.33. The SMILES string of the molecule is COc1cc(C(=O)Nc2cc(C3CCC(N4CC(C)(C)C(=O)N(C)C(C=N)C4=N)CC3)[nH]n2)ccc1N. The van der Waals surface area contributed by atoms with Crippen LogP contribution >= 0.6 is 0 Å².